The maximum absolute atomic E-state index is 12.3. The van der Waals surface area contributed by atoms with Gasteiger partial charge in [0.1, 0.15) is 6.04 Å². The fourth-order valence-electron chi connectivity index (χ4n) is 2.68. The van der Waals surface area contributed by atoms with Crippen molar-refractivity contribution in [2.75, 3.05) is 13.1 Å². The summed E-state index contributed by atoms with van der Waals surface area (Å²) in [6, 6.07) is 14.2. The zero-order valence-electron chi connectivity index (χ0n) is 16.1. The Kier molecular flexibility index (Phi) is 8.98. The first-order valence-corrected chi connectivity index (χ1v) is 8.94. The molecule has 0 saturated carbocycles. The predicted octanol–water partition coefficient (Wildman–Crippen LogP) is 3.22. The molecule has 0 saturated heterocycles. The summed E-state index contributed by atoms with van der Waals surface area (Å²) in [7, 11) is 0. The van der Waals surface area contributed by atoms with E-state index >= 15 is 0 Å². The molecule has 2 amide bonds. The van der Waals surface area contributed by atoms with Crippen molar-refractivity contribution in [3.8, 4) is 0 Å². The van der Waals surface area contributed by atoms with E-state index in [1.807, 2.05) is 57.2 Å². The fraction of sp³-hybridized carbons (Fsp3) is 0.333. The van der Waals surface area contributed by atoms with Gasteiger partial charge in [0.25, 0.3) is 5.91 Å². The molecule has 0 fully saturated rings. The van der Waals surface area contributed by atoms with E-state index in [1.165, 1.54) is 0 Å². The van der Waals surface area contributed by atoms with Crippen molar-refractivity contribution in [2.24, 2.45) is 5.73 Å². The summed E-state index contributed by atoms with van der Waals surface area (Å²) in [6.45, 7) is 7.65. The van der Waals surface area contributed by atoms with Crippen LogP contribution in [0.15, 0.2) is 48.5 Å². The first-order valence-electron chi connectivity index (χ1n) is 8.94. The number of carbonyl (C=O) groups is 2. The van der Waals surface area contributed by atoms with Crippen molar-refractivity contribution in [1.29, 1.82) is 0 Å². The third kappa shape index (κ3) is 6.08. The number of carbonyl (C=O) groups excluding carboxylic acids is 2. The maximum Gasteiger partial charge on any atom is 0.253 e. The summed E-state index contributed by atoms with van der Waals surface area (Å²) in [4.78, 5) is 26.3. The predicted molar refractivity (Wildman–Crippen MR) is 111 cm³/mol. The first-order chi connectivity index (χ1) is 12.5. The highest BCUT2D eigenvalue weighted by atomic mass is 35.5. The minimum absolute atomic E-state index is 0. The summed E-state index contributed by atoms with van der Waals surface area (Å²) in [5.41, 5.74) is 9.50. The second-order valence-corrected chi connectivity index (χ2v) is 6.28. The van der Waals surface area contributed by atoms with Gasteiger partial charge in [-0.2, -0.15) is 0 Å². The van der Waals surface area contributed by atoms with Gasteiger partial charge in [-0.1, -0.05) is 42.0 Å². The monoisotopic (exact) mass is 389 g/mol. The zero-order chi connectivity index (χ0) is 19.1. The summed E-state index contributed by atoms with van der Waals surface area (Å²) < 4.78 is 0. The third-order valence-electron chi connectivity index (χ3n) is 4.44. The largest absolute Gasteiger partial charge is 0.350 e. The summed E-state index contributed by atoms with van der Waals surface area (Å²) in [5.74, 6) is -0.205. The molecule has 6 heteroatoms. The van der Waals surface area contributed by atoms with Gasteiger partial charge < -0.3 is 16.0 Å². The molecule has 146 valence electrons. The van der Waals surface area contributed by atoms with Crippen LogP contribution in [-0.4, -0.2) is 29.8 Å². The molecule has 1 atom stereocenters. The number of benzene rings is 2. The number of halogens is 1. The molecule has 1 unspecified atom stereocenters. The van der Waals surface area contributed by atoms with Crippen LogP contribution in [0.25, 0.3) is 0 Å². The van der Waals surface area contributed by atoms with Crippen molar-refractivity contribution in [1.82, 2.24) is 10.2 Å². The molecule has 0 aliphatic heterocycles. The van der Waals surface area contributed by atoms with E-state index in [9.17, 15) is 9.59 Å². The van der Waals surface area contributed by atoms with Crippen molar-refractivity contribution in [3.05, 3.63) is 70.8 Å². The number of hydrogen-bond donors (Lipinski definition) is 2. The lowest BCUT2D eigenvalue weighted by atomic mass is 10.1. The Bertz CT molecular complexity index is 741. The van der Waals surface area contributed by atoms with Gasteiger partial charge in [-0.15, -0.1) is 12.4 Å². The lowest BCUT2D eigenvalue weighted by Gasteiger charge is -2.18. The average molecular weight is 390 g/mol. The number of rotatable bonds is 7. The van der Waals surface area contributed by atoms with Crippen molar-refractivity contribution in [2.45, 2.75) is 33.4 Å². The van der Waals surface area contributed by atoms with Crippen LogP contribution in [0.2, 0.25) is 0 Å². The Morgan fingerprint density at radius 3 is 2.07 bits per heavy atom. The normalized spacial score (nSPS) is 11.3. The molecule has 27 heavy (non-hydrogen) atoms. The van der Waals surface area contributed by atoms with Gasteiger partial charge in [-0.3, -0.25) is 9.59 Å². The van der Waals surface area contributed by atoms with Crippen LogP contribution in [0.3, 0.4) is 0 Å². The van der Waals surface area contributed by atoms with E-state index in [4.69, 9.17) is 5.73 Å². The fourth-order valence-corrected chi connectivity index (χ4v) is 2.68. The Labute approximate surface area is 167 Å². The number of hydrogen-bond acceptors (Lipinski definition) is 3. The van der Waals surface area contributed by atoms with E-state index in [-0.39, 0.29) is 24.2 Å². The van der Waals surface area contributed by atoms with Gasteiger partial charge >= 0.3 is 0 Å². The Hall–Kier alpha value is -2.37. The first kappa shape index (κ1) is 22.7. The van der Waals surface area contributed by atoms with Crippen LogP contribution in [0.5, 0.6) is 0 Å². The zero-order valence-corrected chi connectivity index (χ0v) is 16.9. The van der Waals surface area contributed by atoms with E-state index in [0.29, 0.717) is 25.2 Å². The lowest BCUT2D eigenvalue weighted by molar-refractivity contribution is -0.122. The van der Waals surface area contributed by atoms with E-state index in [0.717, 1.165) is 16.7 Å². The average Bonchev–Trinajstić information content (AvgIpc) is 2.67. The van der Waals surface area contributed by atoms with Gasteiger partial charge in [-0.25, -0.2) is 0 Å². The minimum Gasteiger partial charge on any atom is -0.350 e. The quantitative estimate of drug-likeness (QED) is 0.763. The van der Waals surface area contributed by atoms with Gasteiger partial charge in [0.05, 0.1) is 0 Å². The Morgan fingerprint density at radius 1 is 1.00 bits per heavy atom. The van der Waals surface area contributed by atoms with Crippen LogP contribution in [0, 0.1) is 6.92 Å². The molecule has 0 radical (unpaired) electrons. The summed E-state index contributed by atoms with van der Waals surface area (Å²) in [6.07, 6.45) is 0. The van der Waals surface area contributed by atoms with Gasteiger partial charge in [-0.05, 0) is 44.0 Å². The molecular weight excluding hydrogens is 362 g/mol. The molecule has 2 rings (SSSR count). The smallest absolute Gasteiger partial charge is 0.253 e. The van der Waals surface area contributed by atoms with Gasteiger partial charge in [0.2, 0.25) is 5.91 Å². The van der Waals surface area contributed by atoms with E-state index in [2.05, 4.69) is 5.32 Å². The second-order valence-electron chi connectivity index (χ2n) is 6.28. The maximum atomic E-state index is 12.3. The molecule has 3 N–H and O–H groups in total. The second kappa shape index (κ2) is 10.7. The highest BCUT2D eigenvalue weighted by molar-refractivity contribution is 5.94. The molecule has 2 aromatic carbocycles. The van der Waals surface area contributed by atoms with Crippen LogP contribution >= 0.6 is 12.4 Å². The standard InChI is InChI=1S/C21H27N3O2.ClH/c1-4-24(5-2)21(26)18-12-8-16(9-13-18)14-23-20(25)19(22)17-10-6-15(3)7-11-17;/h6-13,19H,4-5,14,22H2,1-3H3,(H,23,25);1H. The molecule has 5 nitrogen and oxygen atoms in total. The number of nitrogens with one attached hydrogen (secondary N) is 1. The lowest BCUT2D eigenvalue weighted by Crippen LogP contribution is -2.33. The van der Waals surface area contributed by atoms with Crippen LogP contribution in [0.4, 0.5) is 0 Å². The van der Waals surface area contributed by atoms with Gasteiger partial charge in [0.15, 0.2) is 0 Å². The Balaban J connectivity index is 0.00000364. The van der Waals surface area contributed by atoms with Crippen molar-refractivity contribution < 1.29 is 9.59 Å². The van der Waals surface area contributed by atoms with Crippen molar-refractivity contribution >= 4 is 24.2 Å². The molecule has 0 bridgehead atoms. The summed E-state index contributed by atoms with van der Waals surface area (Å²) in [5, 5.41) is 2.85. The summed E-state index contributed by atoms with van der Waals surface area (Å²) >= 11 is 0. The third-order valence-corrected chi connectivity index (χ3v) is 4.44. The highest BCUT2D eigenvalue weighted by Gasteiger charge is 2.15. The topological polar surface area (TPSA) is 75.4 Å². The molecule has 2 aromatic rings. The number of nitrogens with zero attached hydrogens (tertiary/aromatic N) is 1. The molecular formula is C21H28ClN3O2. The highest BCUT2D eigenvalue weighted by Crippen LogP contribution is 2.12. The SMILES string of the molecule is CCN(CC)C(=O)c1ccc(CNC(=O)C(N)c2ccc(C)cc2)cc1.Cl. The van der Waals surface area contributed by atoms with Crippen molar-refractivity contribution in [3.63, 3.8) is 0 Å². The molecule has 0 aromatic heterocycles. The van der Waals surface area contributed by atoms with Crippen LogP contribution in [-0.2, 0) is 11.3 Å². The number of aryl methyl sites for hydroxylation is 1. The van der Waals surface area contributed by atoms with Crippen LogP contribution < -0.4 is 11.1 Å². The minimum atomic E-state index is -0.695. The Morgan fingerprint density at radius 2 is 1.56 bits per heavy atom. The van der Waals surface area contributed by atoms with E-state index < -0.39 is 6.04 Å². The molecule has 0 aliphatic rings. The van der Waals surface area contributed by atoms with Gasteiger partial charge in [0, 0.05) is 25.2 Å². The number of nitrogens with two attached hydrogens (primary N) is 1. The van der Waals surface area contributed by atoms with Crippen LogP contribution in [0.1, 0.15) is 46.9 Å². The number of amides is 2. The molecule has 0 spiro atoms. The molecule has 0 aliphatic carbocycles. The molecule has 0 heterocycles. The van der Waals surface area contributed by atoms with E-state index in [1.54, 1.807) is 17.0 Å².